The Morgan fingerprint density at radius 1 is 1.21 bits per heavy atom. The number of benzene rings is 1. The molecule has 33 heavy (non-hydrogen) atoms. The van der Waals surface area contributed by atoms with Crippen molar-refractivity contribution in [2.45, 2.75) is 51.7 Å². The van der Waals surface area contributed by atoms with E-state index in [4.69, 9.17) is 9.15 Å². The van der Waals surface area contributed by atoms with Crippen molar-refractivity contribution in [2.24, 2.45) is 4.99 Å². The number of guanidine groups is 1. The van der Waals surface area contributed by atoms with Crippen molar-refractivity contribution in [3.8, 4) is 5.75 Å². The van der Waals surface area contributed by atoms with E-state index < -0.39 is 5.60 Å². The number of aliphatic hydroxyl groups is 1. The second-order valence-corrected chi connectivity index (χ2v) is 8.33. The number of aliphatic imine (C=N–C) groups is 1. The summed E-state index contributed by atoms with van der Waals surface area (Å²) >= 11 is 0. The fourth-order valence-electron chi connectivity index (χ4n) is 3.10. The molecule has 1 unspecified atom stereocenters. The maximum Gasteiger partial charge on any atom is 0.258 e. The third-order valence-corrected chi connectivity index (χ3v) is 5.10. The topological polar surface area (TPSA) is 108 Å². The zero-order valence-electron chi connectivity index (χ0n) is 19.5. The number of nitrogens with zero attached hydrogens (tertiary/aromatic N) is 1. The van der Waals surface area contributed by atoms with Crippen molar-refractivity contribution in [1.82, 2.24) is 16.0 Å². The molecule has 1 amide bonds. The molecule has 1 saturated carbocycles. The highest BCUT2D eigenvalue weighted by molar-refractivity contribution is 14.0. The number of furan rings is 1. The van der Waals surface area contributed by atoms with E-state index in [0.29, 0.717) is 36.6 Å². The number of amides is 1. The molecule has 0 saturated heterocycles. The standard InChI is InChI=1S/C24H34N4O4.HI/c1-4-25-23(27-16-24(3,30)21-12-5-17(2)32-21)26-14-13-18-6-10-20(11-7-18)31-15-22(29)28-19-8-9-19;/h5-7,10-12,19,30H,4,8-9,13-16H2,1-3H3,(H,28,29)(H2,25,26,27);1H. The molecule has 8 nitrogen and oxygen atoms in total. The van der Waals surface area contributed by atoms with Gasteiger partial charge in [0, 0.05) is 19.1 Å². The Labute approximate surface area is 212 Å². The average molecular weight is 570 g/mol. The molecule has 0 radical (unpaired) electrons. The second kappa shape index (κ2) is 12.8. The van der Waals surface area contributed by atoms with E-state index >= 15 is 0 Å². The zero-order chi connectivity index (χ0) is 23.0. The van der Waals surface area contributed by atoms with Gasteiger partial charge in [0.15, 0.2) is 12.6 Å². The molecule has 0 spiro atoms. The van der Waals surface area contributed by atoms with Gasteiger partial charge in [-0.2, -0.15) is 0 Å². The highest BCUT2D eigenvalue weighted by Gasteiger charge is 2.26. The molecule has 1 atom stereocenters. The summed E-state index contributed by atoms with van der Waals surface area (Å²) in [6.45, 7) is 7.15. The van der Waals surface area contributed by atoms with Gasteiger partial charge in [-0.15, -0.1) is 24.0 Å². The number of carbonyl (C=O) groups is 1. The summed E-state index contributed by atoms with van der Waals surface area (Å²) in [5.41, 5.74) is -0.0386. The number of rotatable bonds is 11. The Hall–Kier alpha value is -2.27. The molecule has 1 aromatic heterocycles. The number of hydrogen-bond acceptors (Lipinski definition) is 5. The van der Waals surface area contributed by atoms with Gasteiger partial charge in [-0.05, 0) is 69.9 Å². The van der Waals surface area contributed by atoms with Crippen molar-refractivity contribution in [2.75, 3.05) is 26.2 Å². The zero-order valence-corrected chi connectivity index (χ0v) is 21.8. The lowest BCUT2D eigenvalue weighted by atomic mass is 10.0. The first kappa shape index (κ1) is 27.0. The van der Waals surface area contributed by atoms with E-state index in [1.165, 1.54) is 0 Å². The van der Waals surface area contributed by atoms with Crippen LogP contribution in [0.3, 0.4) is 0 Å². The summed E-state index contributed by atoms with van der Waals surface area (Å²) in [6.07, 6.45) is 2.93. The Morgan fingerprint density at radius 3 is 2.55 bits per heavy atom. The van der Waals surface area contributed by atoms with Crippen molar-refractivity contribution < 1.29 is 19.1 Å². The molecule has 0 aliphatic heterocycles. The van der Waals surface area contributed by atoms with E-state index in [1.54, 1.807) is 13.0 Å². The van der Waals surface area contributed by atoms with Gasteiger partial charge in [-0.3, -0.25) is 4.79 Å². The Kier molecular flexibility index (Phi) is 10.5. The van der Waals surface area contributed by atoms with Gasteiger partial charge in [-0.1, -0.05) is 12.1 Å². The molecule has 2 aromatic rings. The Balaban J connectivity index is 0.00000385. The molecule has 4 N–H and O–H groups in total. The van der Waals surface area contributed by atoms with E-state index in [9.17, 15) is 9.90 Å². The van der Waals surface area contributed by atoms with Crippen LogP contribution in [-0.4, -0.2) is 49.3 Å². The Morgan fingerprint density at radius 2 is 1.94 bits per heavy atom. The molecular weight excluding hydrogens is 535 g/mol. The fraction of sp³-hybridized carbons (Fsp3) is 0.500. The van der Waals surface area contributed by atoms with E-state index in [-0.39, 0.29) is 43.0 Å². The van der Waals surface area contributed by atoms with Crippen molar-refractivity contribution >= 4 is 35.8 Å². The molecule has 0 bridgehead atoms. The monoisotopic (exact) mass is 570 g/mol. The smallest absolute Gasteiger partial charge is 0.258 e. The number of carbonyl (C=O) groups excluding carboxylic acids is 1. The van der Waals surface area contributed by atoms with Crippen molar-refractivity contribution in [3.63, 3.8) is 0 Å². The van der Waals surface area contributed by atoms with Gasteiger partial charge in [0.2, 0.25) is 0 Å². The highest BCUT2D eigenvalue weighted by Crippen LogP contribution is 2.23. The number of nitrogens with one attached hydrogen (secondary N) is 3. The first-order chi connectivity index (χ1) is 15.4. The lowest BCUT2D eigenvalue weighted by molar-refractivity contribution is -0.123. The maximum atomic E-state index is 11.7. The quantitative estimate of drug-likeness (QED) is 0.188. The van der Waals surface area contributed by atoms with Crippen LogP contribution in [0.15, 0.2) is 45.8 Å². The molecule has 1 aliphatic rings. The van der Waals surface area contributed by atoms with Crippen LogP contribution in [0.1, 0.15) is 43.8 Å². The lowest BCUT2D eigenvalue weighted by Gasteiger charge is -2.19. The molecule has 9 heteroatoms. The molecular formula is C24H35IN4O4. The second-order valence-electron chi connectivity index (χ2n) is 8.33. The minimum atomic E-state index is -1.18. The molecule has 1 heterocycles. The third kappa shape index (κ3) is 9.24. The summed E-state index contributed by atoms with van der Waals surface area (Å²) < 4.78 is 11.1. The summed E-state index contributed by atoms with van der Waals surface area (Å²) in [6, 6.07) is 11.7. The summed E-state index contributed by atoms with van der Waals surface area (Å²) in [5, 5.41) is 20.1. The maximum absolute atomic E-state index is 11.7. The molecule has 3 rings (SSSR count). The van der Waals surface area contributed by atoms with Gasteiger partial charge < -0.3 is 30.2 Å². The van der Waals surface area contributed by atoms with Crippen LogP contribution < -0.4 is 20.7 Å². The van der Waals surface area contributed by atoms with Crippen molar-refractivity contribution in [3.05, 3.63) is 53.5 Å². The van der Waals surface area contributed by atoms with Crippen LogP contribution >= 0.6 is 24.0 Å². The summed E-state index contributed by atoms with van der Waals surface area (Å²) in [4.78, 5) is 16.2. The Bertz CT molecular complexity index is 907. The molecule has 1 aromatic carbocycles. The van der Waals surface area contributed by atoms with Gasteiger partial charge in [0.25, 0.3) is 5.91 Å². The van der Waals surface area contributed by atoms with Crippen LogP contribution in [0, 0.1) is 6.92 Å². The van der Waals surface area contributed by atoms with Crippen LogP contribution in [0.25, 0.3) is 0 Å². The van der Waals surface area contributed by atoms with E-state index in [0.717, 1.165) is 30.6 Å². The molecule has 182 valence electrons. The first-order valence-electron chi connectivity index (χ1n) is 11.2. The predicted octanol–water partition coefficient (Wildman–Crippen LogP) is 2.87. The van der Waals surface area contributed by atoms with Crippen molar-refractivity contribution in [1.29, 1.82) is 0 Å². The van der Waals surface area contributed by atoms with Gasteiger partial charge in [-0.25, -0.2) is 4.99 Å². The molecule has 1 fully saturated rings. The van der Waals surface area contributed by atoms with E-state index in [1.807, 2.05) is 44.2 Å². The fourth-order valence-corrected chi connectivity index (χ4v) is 3.10. The van der Waals surface area contributed by atoms with E-state index in [2.05, 4.69) is 20.9 Å². The highest BCUT2D eigenvalue weighted by atomic mass is 127. The van der Waals surface area contributed by atoms with Crippen LogP contribution in [0.2, 0.25) is 0 Å². The van der Waals surface area contributed by atoms with Crippen LogP contribution in [0.5, 0.6) is 5.75 Å². The van der Waals surface area contributed by atoms with Gasteiger partial charge >= 0.3 is 0 Å². The number of ether oxygens (including phenoxy) is 1. The first-order valence-corrected chi connectivity index (χ1v) is 11.2. The lowest BCUT2D eigenvalue weighted by Crippen LogP contribution is -2.39. The van der Waals surface area contributed by atoms with Gasteiger partial charge in [0.05, 0.1) is 6.54 Å². The largest absolute Gasteiger partial charge is 0.484 e. The number of aryl methyl sites for hydroxylation is 1. The minimum Gasteiger partial charge on any atom is -0.484 e. The third-order valence-electron chi connectivity index (χ3n) is 5.10. The summed E-state index contributed by atoms with van der Waals surface area (Å²) in [5.74, 6) is 2.50. The number of hydrogen-bond donors (Lipinski definition) is 4. The number of halogens is 1. The van der Waals surface area contributed by atoms with Gasteiger partial charge in [0.1, 0.15) is 22.9 Å². The minimum absolute atomic E-state index is 0. The normalized spacial score (nSPS) is 15.2. The van der Waals surface area contributed by atoms with Crippen LogP contribution in [-0.2, 0) is 16.8 Å². The SMILES string of the molecule is CCNC(=NCC(C)(O)c1ccc(C)o1)NCCc1ccc(OCC(=O)NC2CC2)cc1.I. The molecule has 1 aliphatic carbocycles. The predicted molar refractivity (Wildman–Crippen MR) is 139 cm³/mol. The van der Waals surface area contributed by atoms with Crippen LogP contribution in [0.4, 0.5) is 0 Å². The summed E-state index contributed by atoms with van der Waals surface area (Å²) in [7, 11) is 0. The average Bonchev–Trinajstić information content (AvgIpc) is 3.47.